The van der Waals surface area contributed by atoms with Crippen molar-refractivity contribution in [3.05, 3.63) is 42.2 Å². The number of sulfonamides is 1. The van der Waals surface area contributed by atoms with Crippen LogP contribution in [0, 0.1) is 0 Å². The summed E-state index contributed by atoms with van der Waals surface area (Å²) in [6, 6.07) is 6.47. The van der Waals surface area contributed by atoms with E-state index in [1.165, 1.54) is 24.0 Å². The minimum atomic E-state index is -3.77. The zero-order valence-electron chi connectivity index (χ0n) is 14.0. The van der Waals surface area contributed by atoms with Crippen LogP contribution in [0.3, 0.4) is 0 Å². The number of amides is 1. The van der Waals surface area contributed by atoms with Gasteiger partial charge in [0.25, 0.3) is 0 Å². The fraction of sp³-hybridized carbons (Fsp3) is 0.333. The molecule has 2 rings (SSSR count). The van der Waals surface area contributed by atoms with Crippen LogP contribution in [0.1, 0.15) is 12.5 Å². The van der Waals surface area contributed by atoms with Gasteiger partial charge in [-0.15, -0.1) is 12.4 Å². The first kappa shape index (κ1) is 20.9. The Morgan fingerprint density at radius 2 is 1.96 bits per heavy atom. The van der Waals surface area contributed by atoms with Gasteiger partial charge in [-0.05, 0) is 31.0 Å². The van der Waals surface area contributed by atoms with Crippen LogP contribution in [-0.4, -0.2) is 36.7 Å². The quantitative estimate of drug-likeness (QED) is 0.596. The summed E-state index contributed by atoms with van der Waals surface area (Å²) in [5.41, 5.74) is 7.33. The predicted molar refractivity (Wildman–Crippen MR) is 97.8 cm³/mol. The predicted octanol–water partition coefficient (Wildman–Crippen LogP) is 0.450. The monoisotopic (exact) mass is 387 g/mol. The van der Waals surface area contributed by atoms with E-state index in [9.17, 15) is 13.2 Å². The Balaban J connectivity index is 0.00000312. The van der Waals surface area contributed by atoms with Crippen molar-refractivity contribution < 1.29 is 13.2 Å². The molecule has 0 aliphatic rings. The second-order valence-corrected chi connectivity index (χ2v) is 7.19. The molecule has 1 amide bonds. The largest absolute Gasteiger partial charge is 0.399 e. The molecular weight excluding hydrogens is 366 g/mol. The third-order valence-corrected chi connectivity index (χ3v) is 4.90. The maximum absolute atomic E-state index is 12.1. The molecule has 8 nitrogen and oxygen atoms in total. The average molecular weight is 388 g/mol. The normalized spacial score (nSPS) is 12.2. The van der Waals surface area contributed by atoms with Gasteiger partial charge in [0.15, 0.2) is 0 Å². The lowest BCUT2D eigenvalue weighted by molar-refractivity contribution is -0.122. The van der Waals surface area contributed by atoms with Crippen molar-refractivity contribution >= 4 is 34.0 Å². The van der Waals surface area contributed by atoms with Crippen LogP contribution in [0.4, 0.5) is 5.69 Å². The zero-order valence-corrected chi connectivity index (χ0v) is 15.6. The molecule has 1 atom stereocenters. The number of anilines is 1. The third kappa shape index (κ3) is 6.04. The van der Waals surface area contributed by atoms with Crippen LogP contribution in [0.5, 0.6) is 0 Å². The Kier molecular flexibility index (Phi) is 7.40. The zero-order chi connectivity index (χ0) is 17.7. The van der Waals surface area contributed by atoms with Gasteiger partial charge in [-0.25, -0.2) is 8.42 Å². The van der Waals surface area contributed by atoms with E-state index in [-0.39, 0.29) is 17.3 Å². The van der Waals surface area contributed by atoms with Crippen LogP contribution < -0.4 is 15.8 Å². The first-order chi connectivity index (χ1) is 11.3. The number of nitrogen functional groups attached to an aromatic ring is 1. The highest BCUT2D eigenvalue weighted by atomic mass is 35.5. The van der Waals surface area contributed by atoms with E-state index in [0.717, 1.165) is 5.56 Å². The maximum Gasteiger partial charge on any atom is 0.244 e. The number of nitrogens with two attached hydrogens (primary N) is 1. The van der Waals surface area contributed by atoms with E-state index in [1.54, 1.807) is 19.2 Å². The molecule has 0 fully saturated rings. The van der Waals surface area contributed by atoms with Crippen LogP contribution in [0.2, 0.25) is 0 Å². The van der Waals surface area contributed by atoms with E-state index >= 15 is 0 Å². The number of nitrogens with one attached hydrogen (secondary N) is 2. The van der Waals surface area contributed by atoms with Gasteiger partial charge in [0.2, 0.25) is 15.9 Å². The summed E-state index contributed by atoms with van der Waals surface area (Å²) in [4.78, 5) is 12.0. The summed E-state index contributed by atoms with van der Waals surface area (Å²) in [6.07, 6.45) is 3.23. The maximum atomic E-state index is 12.1. The van der Waals surface area contributed by atoms with Gasteiger partial charge in [0.1, 0.15) is 4.90 Å². The number of hydrogen-bond donors (Lipinski definition) is 3. The Hall–Kier alpha value is -2.10. The van der Waals surface area contributed by atoms with Gasteiger partial charge in [0.05, 0.1) is 12.2 Å². The van der Waals surface area contributed by atoms with Gasteiger partial charge in [-0.3, -0.25) is 9.48 Å². The summed E-state index contributed by atoms with van der Waals surface area (Å²) in [5, 5.41) is 6.52. The van der Waals surface area contributed by atoms with Crippen molar-refractivity contribution in [1.29, 1.82) is 0 Å². The van der Waals surface area contributed by atoms with Crippen LogP contribution >= 0.6 is 12.4 Å². The molecule has 1 aromatic heterocycles. The van der Waals surface area contributed by atoms with Crippen molar-refractivity contribution in [2.75, 3.05) is 12.3 Å². The van der Waals surface area contributed by atoms with Crippen LogP contribution in [-0.2, 0) is 28.3 Å². The first-order valence-electron chi connectivity index (χ1n) is 7.41. The molecular formula is C15H22ClN5O3S. The van der Waals surface area contributed by atoms with Crippen molar-refractivity contribution in [3.8, 4) is 0 Å². The fourth-order valence-corrected chi connectivity index (χ4v) is 3.25. The number of carbonyl (C=O) groups excluding carboxylic acids is 1. The first-order valence-corrected chi connectivity index (χ1v) is 8.89. The topological polar surface area (TPSA) is 119 Å². The van der Waals surface area contributed by atoms with Gasteiger partial charge in [0, 0.05) is 25.5 Å². The second-order valence-electron chi connectivity index (χ2n) is 5.48. The minimum Gasteiger partial charge on any atom is -0.399 e. The molecule has 0 aliphatic heterocycles. The molecule has 0 bridgehead atoms. The van der Waals surface area contributed by atoms with Crippen molar-refractivity contribution in [1.82, 2.24) is 19.8 Å². The molecule has 10 heteroatoms. The molecule has 0 saturated heterocycles. The molecule has 1 unspecified atom stereocenters. The van der Waals surface area contributed by atoms with Gasteiger partial charge in [-0.1, -0.05) is 12.1 Å². The van der Waals surface area contributed by atoms with E-state index in [1.807, 2.05) is 12.1 Å². The minimum absolute atomic E-state index is 0. The number of nitrogens with zero attached hydrogens (tertiary/aromatic N) is 2. The molecule has 1 aromatic carbocycles. The van der Waals surface area contributed by atoms with Crippen molar-refractivity contribution in [2.45, 2.75) is 24.3 Å². The Bertz CT molecular complexity index is 805. The number of halogens is 1. The molecule has 0 aliphatic carbocycles. The summed E-state index contributed by atoms with van der Waals surface area (Å²) < 4.78 is 28.0. The molecule has 1 heterocycles. The molecule has 0 radical (unpaired) electrons. The Morgan fingerprint density at radius 1 is 1.32 bits per heavy atom. The molecule has 2 aromatic rings. The molecule has 0 saturated carbocycles. The Morgan fingerprint density at radius 3 is 2.52 bits per heavy atom. The SMILES string of the molecule is CC(NS(=O)(=O)c1cnn(C)c1)C(=O)NCCc1ccc(N)cc1.Cl. The number of hydrogen-bond acceptors (Lipinski definition) is 5. The van der Waals surface area contributed by atoms with Gasteiger partial charge >= 0.3 is 0 Å². The number of benzene rings is 1. The summed E-state index contributed by atoms with van der Waals surface area (Å²) in [5.74, 6) is -0.391. The number of carbonyl (C=O) groups is 1. The average Bonchev–Trinajstić information content (AvgIpc) is 2.96. The summed E-state index contributed by atoms with van der Waals surface area (Å²) in [6.45, 7) is 1.90. The van der Waals surface area contributed by atoms with E-state index < -0.39 is 22.0 Å². The van der Waals surface area contributed by atoms with E-state index in [2.05, 4.69) is 15.1 Å². The third-order valence-electron chi connectivity index (χ3n) is 3.41. The molecule has 0 spiro atoms. The van der Waals surface area contributed by atoms with Crippen molar-refractivity contribution in [3.63, 3.8) is 0 Å². The van der Waals surface area contributed by atoms with Gasteiger partial charge in [-0.2, -0.15) is 9.82 Å². The van der Waals surface area contributed by atoms with Crippen LogP contribution in [0.25, 0.3) is 0 Å². The lowest BCUT2D eigenvalue weighted by atomic mass is 10.1. The fourth-order valence-electron chi connectivity index (χ4n) is 2.06. The smallest absolute Gasteiger partial charge is 0.244 e. The van der Waals surface area contributed by atoms with E-state index in [4.69, 9.17) is 5.73 Å². The number of aryl methyl sites for hydroxylation is 1. The Labute approximate surface area is 153 Å². The van der Waals surface area contributed by atoms with E-state index in [0.29, 0.717) is 18.7 Å². The highest BCUT2D eigenvalue weighted by Crippen LogP contribution is 2.07. The molecule has 138 valence electrons. The number of aromatic nitrogens is 2. The standard InChI is InChI=1S/C15H21N5O3S.ClH/c1-11(19-24(22,23)14-9-18-20(2)10-14)15(21)17-8-7-12-3-5-13(16)6-4-12;/h3-6,9-11,19H,7-8,16H2,1-2H3,(H,17,21);1H. The lowest BCUT2D eigenvalue weighted by Gasteiger charge is -2.13. The summed E-state index contributed by atoms with van der Waals surface area (Å²) >= 11 is 0. The van der Waals surface area contributed by atoms with Crippen molar-refractivity contribution in [2.24, 2.45) is 7.05 Å². The second kappa shape index (κ2) is 8.84. The van der Waals surface area contributed by atoms with Crippen LogP contribution in [0.15, 0.2) is 41.6 Å². The molecule has 4 N–H and O–H groups in total. The summed E-state index contributed by atoms with van der Waals surface area (Å²) in [7, 11) is -2.16. The highest BCUT2D eigenvalue weighted by Gasteiger charge is 2.22. The van der Waals surface area contributed by atoms with Gasteiger partial charge < -0.3 is 11.1 Å². The molecule has 25 heavy (non-hydrogen) atoms. The number of rotatable bonds is 7. The highest BCUT2D eigenvalue weighted by molar-refractivity contribution is 7.89. The lowest BCUT2D eigenvalue weighted by Crippen LogP contribution is -2.45.